The van der Waals surface area contributed by atoms with Crippen molar-refractivity contribution in [3.05, 3.63) is 0 Å². The zero-order valence-corrected chi connectivity index (χ0v) is 23.0. The third-order valence-corrected chi connectivity index (χ3v) is 10.7. The second kappa shape index (κ2) is 10.5. The number of amides is 1. The molecular weight excluding hydrogens is 429 g/mol. The number of hydrogen-bond donors (Lipinski definition) is 3. The van der Waals surface area contributed by atoms with Crippen molar-refractivity contribution in [1.29, 1.82) is 0 Å². The van der Waals surface area contributed by atoms with Crippen LogP contribution in [-0.4, -0.2) is 40.8 Å². The molecule has 0 aromatic rings. The first-order chi connectivity index (χ1) is 15.1. The molecule has 0 aromatic carbocycles. The molecule has 0 heterocycles. The van der Waals surface area contributed by atoms with E-state index >= 15 is 0 Å². The van der Waals surface area contributed by atoms with Crippen molar-refractivity contribution in [2.75, 3.05) is 6.54 Å². The van der Waals surface area contributed by atoms with Crippen LogP contribution in [0.15, 0.2) is 0 Å². The molecule has 4 aliphatic rings. The third-order valence-electron chi connectivity index (χ3n) is 10.7. The van der Waals surface area contributed by atoms with Crippen LogP contribution in [-0.2, 0) is 9.59 Å². The summed E-state index contributed by atoms with van der Waals surface area (Å²) in [6, 6.07) is 0. The Balaban J connectivity index is 0.00000306. The number of aliphatic carboxylic acids is 1. The summed E-state index contributed by atoms with van der Waals surface area (Å²) < 4.78 is 0. The molecule has 0 bridgehead atoms. The fraction of sp³-hybridized carbons (Fsp3) is 0.923. The molecular formula is C26H42NNaO5. The second-order valence-electron chi connectivity index (χ2n) is 12.1. The van der Waals surface area contributed by atoms with Crippen LogP contribution in [0.4, 0.5) is 0 Å². The predicted octanol–water partition coefficient (Wildman–Crippen LogP) is -0.737. The minimum atomic E-state index is -1.26. The molecule has 6 nitrogen and oxygen atoms in total. The van der Waals surface area contributed by atoms with Crippen LogP contribution in [0.5, 0.6) is 0 Å². The summed E-state index contributed by atoms with van der Waals surface area (Å²) in [5.74, 6) is 1.31. The Morgan fingerprint density at radius 2 is 1.70 bits per heavy atom. The number of hydrogen-bond acceptors (Lipinski definition) is 5. The number of rotatable bonds is 6. The summed E-state index contributed by atoms with van der Waals surface area (Å²) >= 11 is 0. The molecule has 0 aliphatic heterocycles. The summed E-state index contributed by atoms with van der Waals surface area (Å²) in [7, 11) is 0. The monoisotopic (exact) mass is 471 g/mol. The largest absolute Gasteiger partial charge is 1.00 e. The van der Waals surface area contributed by atoms with Gasteiger partial charge >= 0.3 is 29.6 Å². The van der Waals surface area contributed by atoms with Crippen molar-refractivity contribution in [3.8, 4) is 0 Å². The van der Waals surface area contributed by atoms with Gasteiger partial charge in [-0.25, -0.2) is 0 Å². The van der Waals surface area contributed by atoms with Crippen molar-refractivity contribution < 1.29 is 54.5 Å². The van der Waals surface area contributed by atoms with E-state index in [1.165, 1.54) is 6.42 Å². The van der Waals surface area contributed by atoms with Crippen LogP contribution in [0.25, 0.3) is 0 Å². The van der Waals surface area contributed by atoms with Gasteiger partial charge in [-0.3, -0.25) is 4.79 Å². The molecule has 0 aromatic heterocycles. The number of nitrogens with one attached hydrogen (secondary N) is 1. The van der Waals surface area contributed by atoms with Gasteiger partial charge < -0.3 is 25.4 Å². The fourth-order valence-electron chi connectivity index (χ4n) is 8.99. The van der Waals surface area contributed by atoms with E-state index in [-0.39, 0.29) is 58.5 Å². The Morgan fingerprint density at radius 1 is 1.03 bits per heavy atom. The van der Waals surface area contributed by atoms with Crippen molar-refractivity contribution in [3.63, 3.8) is 0 Å². The topological polar surface area (TPSA) is 110 Å². The quantitative estimate of drug-likeness (QED) is 0.442. The summed E-state index contributed by atoms with van der Waals surface area (Å²) in [6.45, 7) is 6.70. The minimum absolute atomic E-state index is 0. The first-order valence-corrected chi connectivity index (χ1v) is 12.9. The molecule has 0 radical (unpaired) electrons. The molecule has 3 unspecified atom stereocenters. The molecule has 182 valence electrons. The number of aliphatic hydroxyl groups is 2. The Morgan fingerprint density at radius 3 is 2.39 bits per heavy atom. The normalized spacial score (nSPS) is 45.1. The van der Waals surface area contributed by atoms with E-state index in [0.717, 1.165) is 51.4 Å². The smallest absolute Gasteiger partial charge is 0.548 e. The minimum Gasteiger partial charge on any atom is -0.548 e. The van der Waals surface area contributed by atoms with Gasteiger partial charge in [0.15, 0.2) is 0 Å². The maximum atomic E-state index is 12.0. The van der Waals surface area contributed by atoms with Gasteiger partial charge in [0, 0.05) is 6.42 Å². The second-order valence-corrected chi connectivity index (χ2v) is 12.1. The van der Waals surface area contributed by atoms with Gasteiger partial charge in [-0.05, 0) is 104 Å². The summed E-state index contributed by atoms with van der Waals surface area (Å²) in [5, 5.41) is 34.5. The Kier molecular flexibility index (Phi) is 8.70. The summed E-state index contributed by atoms with van der Waals surface area (Å²) in [4.78, 5) is 22.6. The Hall–Kier alpha value is -0.140. The first-order valence-electron chi connectivity index (χ1n) is 12.9. The molecule has 10 atom stereocenters. The number of carboxylic acid groups (broad SMARTS) is 1. The van der Waals surface area contributed by atoms with Gasteiger partial charge in [0.25, 0.3) is 0 Å². The van der Waals surface area contributed by atoms with Crippen LogP contribution in [0.1, 0.15) is 85.0 Å². The van der Waals surface area contributed by atoms with E-state index in [2.05, 4.69) is 26.1 Å². The van der Waals surface area contributed by atoms with Gasteiger partial charge in [-0.2, -0.15) is 0 Å². The number of carbonyl (C=O) groups is 2. The molecule has 4 saturated carbocycles. The van der Waals surface area contributed by atoms with Crippen molar-refractivity contribution in [2.45, 2.75) is 97.2 Å². The van der Waals surface area contributed by atoms with E-state index in [0.29, 0.717) is 41.9 Å². The third kappa shape index (κ3) is 5.07. The van der Waals surface area contributed by atoms with Crippen LogP contribution in [0.2, 0.25) is 0 Å². The molecule has 0 spiro atoms. The zero-order chi connectivity index (χ0) is 23.3. The van der Waals surface area contributed by atoms with Gasteiger partial charge in [-0.15, -0.1) is 0 Å². The van der Waals surface area contributed by atoms with Gasteiger partial charge in [0.05, 0.1) is 24.7 Å². The van der Waals surface area contributed by atoms with Crippen molar-refractivity contribution in [1.82, 2.24) is 5.32 Å². The molecule has 4 aliphatic carbocycles. The molecule has 4 rings (SSSR count). The fourth-order valence-corrected chi connectivity index (χ4v) is 8.99. The molecule has 0 saturated heterocycles. The molecule has 3 N–H and O–H groups in total. The van der Waals surface area contributed by atoms with Crippen LogP contribution in [0.3, 0.4) is 0 Å². The standard InChI is InChI=1S/C26H43NO5.Na/c1-15(4-7-22(30)27-14-23(31)32)18-5-6-19-24-20(9-11-26(18,19)3)25(2)10-8-17(28)12-16(25)13-21(24)29;/h15-21,24,28-29H,4-14H2,1-3H3,(H,27,30)(H,31,32);/q;+1/p-1/t15-,16+,17-,18-,19?,20?,21-,24?,25+,26-;/m1./s1. The molecule has 7 heteroatoms. The Bertz CT molecular complexity index is 733. The maximum absolute atomic E-state index is 12.0. The van der Waals surface area contributed by atoms with Crippen LogP contribution < -0.4 is 40.0 Å². The maximum Gasteiger partial charge on any atom is 1.00 e. The number of carbonyl (C=O) groups excluding carboxylic acids is 2. The van der Waals surface area contributed by atoms with Gasteiger partial charge in [0.1, 0.15) is 0 Å². The van der Waals surface area contributed by atoms with E-state index in [4.69, 9.17) is 0 Å². The van der Waals surface area contributed by atoms with Crippen LogP contribution >= 0.6 is 0 Å². The van der Waals surface area contributed by atoms with Gasteiger partial charge in [0.2, 0.25) is 5.91 Å². The summed E-state index contributed by atoms with van der Waals surface area (Å²) in [6.07, 6.45) is 8.95. The first kappa shape index (κ1) is 27.4. The van der Waals surface area contributed by atoms with Gasteiger partial charge in [-0.1, -0.05) is 20.8 Å². The summed E-state index contributed by atoms with van der Waals surface area (Å²) in [5.41, 5.74) is 0.436. The SMILES string of the molecule is C[C@H](CCC(=O)NCC(=O)[O-])[C@H]1CCC2C3C(CC[C@@]21C)[C@@]1(C)CC[C@@H](O)C[C@H]1C[C@H]3O.[Na+]. The van der Waals surface area contributed by atoms with E-state index in [1.54, 1.807) is 0 Å². The number of aliphatic hydroxyl groups excluding tert-OH is 2. The van der Waals surface area contributed by atoms with Crippen molar-refractivity contribution in [2.24, 2.45) is 46.3 Å². The predicted molar refractivity (Wildman–Crippen MR) is 119 cm³/mol. The number of fused-ring (bicyclic) bond motifs is 5. The van der Waals surface area contributed by atoms with Crippen LogP contribution in [0, 0.1) is 46.3 Å². The molecule has 33 heavy (non-hydrogen) atoms. The molecule has 4 fully saturated rings. The Labute approximate surface area is 221 Å². The molecule has 1 amide bonds. The van der Waals surface area contributed by atoms with E-state index in [1.807, 2.05) is 0 Å². The zero-order valence-electron chi connectivity index (χ0n) is 21.0. The number of carboxylic acids is 1. The van der Waals surface area contributed by atoms with Crippen molar-refractivity contribution >= 4 is 11.9 Å². The van der Waals surface area contributed by atoms with E-state index < -0.39 is 12.5 Å². The average Bonchev–Trinajstić information content (AvgIpc) is 3.09. The van der Waals surface area contributed by atoms with E-state index in [9.17, 15) is 24.9 Å². The average molecular weight is 472 g/mol.